The molecular weight excluding hydrogens is 508 g/mol. The van der Waals surface area contributed by atoms with Gasteiger partial charge in [0.2, 0.25) is 11.8 Å². The third-order valence-corrected chi connectivity index (χ3v) is 7.01. The Hall–Kier alpha value is -3.16. The van der Waals surface area contributed by atoms with Gasteiger partial charge in [-0.15, -0.1) is 0 Å². The van der Waals surface area contributed by atoms with Gasteiger partial charge in [0.1, 0.15) is 0 Å². The Balaban J connectivity index is 1.51. The van der Waals surface area contributed by atoms with Gasteiger partial charge in [0, 0.05) is 24.1 Å². The lowest BCUT2D eigenvalue weighted by Gasteiger charge is -2.27. The fourth-order valence-corrected chi connectivity index (χ4v) is 4.94. The van der Waals surface area contributed by atoms with E-state index in [2.05, 4.69) is 20.8 Å². The molecule has 1 aliphatic heterocycles. The Labute approximate surface area is 214 Å². The molecule has 182 valence electrons. The molecular formula is C28H29BrN2O4. The molecule has 1 fully saturated rings. The highest BCUT2D eigenvalue weighted by Gasteiger charge is 2.41. The normalized spacial score (nSPS) is 15.7. The van der Waals surface area contributed by atoms with E-state index in [9.17, 15) is 9.59 Å². The highest BCUT2D eigenvalue weighted by atomic mass is 79.9. The van der Waals surface area contributed by atoms with Crippen LogP contribution in [0.1, 0.15) is 23.1 Å². The first-order valence-electron chi connectivity index (χ1n) is 11.6. The summed E-state index contributed by atoms with van der Waals surface area (Å²) in [4.78, 5) is 29.9. The average Bonchev–Trinajstić information content (AvgIpc) is 3.16. The summed E-state index contributed by atoms with van der Waals surface area (Å²) in [6.07, 6.45) is 0.702. The number of methoxy groups -OCH3 is 2. The highest BCUT2D eigenvalue weighted by Crippen LogP contribution is 2.34. The summed E-state index contributed by atoms with van der Waals surface area (Å²) in [6, 6.07) is 23.3. The number of ether oxygens (including phenoxy) is 2. The maximum atomic E-state index is 13.5. The van der Waals surface area contributed by atoms with E-state index in [4.69, 9.17) is 9.47 Å². The van der Waals surface area contributed by atoms with Crippen molar-refractivity contribution in [3.05, 3.63) is 94.0 Å². The monoisotopic (exact) mass is 536 g/mol. The van der Waals surface area contributed by atoms with E-state index in [0.717, 1.165) is 21.2 Å². The Morgan fingerprint density at radius 2 is 1.43 bits per heavy atom. The van der Waals surface area contributed by atoms with E-state index in [1.807, 2.05) is 72.8 Å². The molecule has 0 bridgehead atoms. The van der Waals surface area contributed by atoms with Crippen molar-refractivity contribution in [2.45, 2.75) is 32.0 Å². The van der Waals surface area contributed by atoms with E-state index in [0.29, 0.717) is 37.6 Å². The lowest BCUT2D eigenvalue weighted by atomic mass is 10.1. The predicted octanol–water partition coefficient (Wildman–Crippen LogP) is 4.84. The molecule has 2 amide bonds. The summed E-state index contributed by atoms with van der Waals surface area (Å²) in [5, 5.41) is 0. The van der Waals surface area contributed by atoms with Gasteiger partial charge in [0.05, 0.1) is 26.7 Å². The van der Waals surface area contributed by atoms with Crippen molar-refractivity contribution >= 4 is 27.7 Å². The molecule has 0 saturated carbocycles. The second kappa shape index (κ2) is 11.5. The smallest absolute Gasteiger partial charge is 0.247 e. The Morgan fingerprint density at radius 3 is 1.97 bits per heavy atom. The topological polar surface area (TPSA) is 59.1 Å². The molecule has 4 rings (SSSR count). The molecule has 1 atom stereocenters. The number of hydrogen-bond acceptors (Lipinski definition) is 5. The zero-order chi connectivity index (χ0) is 24.8. The van der Waals surface area contributed by atoms with Gasteiger partial charge in [-0.2, -0.15) is 0 Å². The van der Waals surface area contributed by atoms with Gasteiger partial charge in [-0.1, -0.05) is 76.6 Å². The number of halogens is 1. The van der Waals surface area contributed by atoms with Gasteiger partial charge in [0.15, 0.2) is 11.5 Å². The number of rotatable bonds is 10. The van der Waals surface area contributed by atoms with Crippen LogP contribution in [0.15, 0.2) is 77.3 Å². The Bertz CT molecular complexity index is 1130. The molecule has 0 spiro atoms. The molecule has 0 unspecified atom stereocenters. The number of nitrogens with zero attached hydrogens (tertiary/aromatic N) is 2. The van der Waals surface area contributed by atoms with Gasteiger partial charge in [-0.25, -0.2) is 0 Å². The van der Waals surface area contributed by atoms with Crippen molar-refractivity contribution in [1.82, 2.24) is 9.80 Å². The highest BCUT2D eigenvalue weighted by molar-refractivity contribution is 9.10. The average molecular weight is 537 g/mol. The van der Waals surface area contributed by atoms with E-state index >= 15 is 0 Å². The third-order valence-electron chi connectivity index (χ3n) is 6.28. The van der Waals surface area contributed by atoms with E-state index < -0.39 is 6.04 Å². The molecule has 0 aromatic heterocycles. The molecule has 0 radical (unpaired) electrons. The van der Waals surface area contributed by atoms with Crippen LogP contribution in [0.5, 0.6) is 11.5 Å². The van der Waals surface area contributed by atoms with Crippen LogP contribution < -0.4 is 9.47 Å². The van der Waals surface area contributed by atoms with Crippen LogP contribution in [0, 0.1) is 0 Å². The third kappa shape index (κ3) is 5.92. The van der Waals surface area contributed by atoms with Crippen LogP contribution in [0.25, 0.3) is 0 Å². The first-order chi connectivity index (χ1) is 17.0. The lowest BCUT2D eigenvalue weighted by Crippen LogP contribution is -2.42. The molecule has 1 heterocycles. The van der Waals surface area contributed by atoms with E-state index in [1.165, 1.54) is 4.90 Å². The van der Waals surface area contributed by atoms with Crippen molar-refractivity contribution < 1.29 is 19.1 Å². The zero-order valence-corrected chi connectivity index (χ0v) is 21.5. The Morgan fingerprint density at radius 1 is 0.886 bits per heavy atom. The van der Waals surface area contributed by atoms with Crippen molar-refractivity contribution in [2.75, 3.05) is 20.8 Å². The number of carbonyl (C=O) groups is 2. The summed E-state index contributed by atoms with van der Waals surface area (Å²) in [5.74, 6) is 0.953. The first kappa shape index (κ1) is 24.9. The summed E-state index contributed by atoms with van der Waals surface area (Å²) < 4.78 is 11.6. The molecule has 6 nitrogen and oxygen atoms in total. The van der Waals surface area contributed by atoms with Crippen LogP contribution in [0.2, 0.25) is 0 Å². The molecule has 35 heavy (non-hydrogen) atoms. The quantitative estimate of drug-likeness (QED) is 0.347. The van der Waals surface area contributed by atoms with Crippen LogP contribution in [0.3, 0.4) is 0 Å². The zero-order valence-electron chi connectivity index (χ0n) is 19.9. The summed E-state index contributed by atoms with van der Waals surface area (Å²) >= 11 is 3.57. The number of hydrogen-bond donors (Lipinski definition) is 0. The SMILES string of the molecule is COc1cc(Br)c(CCN2C(=O)C[C@H](N(Cc3ccccc3)Cc3ccccc3)C2=O)cc1OC. The maximum absolute atomic E-state index is 13.5. The number of carbonyl (C=O) groups excluding carboxylic acids is 2. The van der Waals surface area contributed by atoms with Crippen molar-refractivity contribution in [3.63, 3.8) is 0 Å². The second-order valence-electron chi connectivity index (χ2n) is 8.53. The molecule has 7 heteroatoms. The number of likely N-dealkylation sites (tertiary alicyclic amines) is 1. The van der Waals surface area contributed by atoms with Crippen LogP contribution >= 0.6 is 15.9 Å². The number of benzene rings is 3. The van der Waals surface area contributed by atoms with E-state index in [-0.39, 0.29) is 18.2 Å². The van der Waals surface area contributed by atoms with Gasteiger partial charge in [-0.3, -0.25) is 19.4 Å². The maximum Gasteiger partial charge on any atom is 0.247 e. The molecule has 3 aromatic carbocycles. The van der Waals surface area contributed by atoms with Crippen molar-refractivity contribution in [3.8, 4) is 11.5 Å². The summed E-state index contributed by atoms with van der Waals surface area (Å²) in [6.45, 7) is 1.50. The van der Waals surface area contributed by atoms with Gasteiger partial charge in [0.25, 0.3) is 0 Å². The van der Waals surface area contributed by atoms with Gasteiger partial charge in [-0.05, 0) is 35.2 Å². The second-order valence-corrected chi connectivity index (χ2v) is 9.38. The molecule has 3 aromatic rings. The predicted molar refractivity (Wildman–Crippen MR) is 138 cm³/mol. The van der Waals surface area contributed by atoms with Crippen LogP contribution in [-0.2, 0) is 29.1 Å². The summed E-state index contributed by atoms with van der Waals surface area (Å²) in [7, 11) is 3.17. The number of imide groups is 1. The first-order valence-corrected chi connectivity index (χ1v) is 12.4. The number of amides is 2. The standard InChI is InChI=1S/C28H29BrN2O4/c1-34-25-15-22(23(29)16-26(25)35-2)13-14-31-27(32)17-24(28(31)33)30(18-20-9-5-3-6-10-20)19-21-11-7-4-8-12-21/h3-12,15-16,24H,13-14,17-19H2,1-2H3/t24-/m0/s1. The van der Waals surface area contributed by atoms with E-state index in [1.54, 1.807) is 14.2 Å². The molecule has 0 aliphatic carbocycles. The largest absolute Gasteiger partial charge is 0.493 e. The lowest BCUT2D eigenvalue weighted by molar-refractivity contribution is -0.139. The minimum Gasteiger partial charge on any atom is -0.493 e. The van der Waals surface area contributed by atoms with Crippen molar-refractivity contribution in [2.24, 2.45) is 0 Å². The van der Waals surface area contributed by atoms with Crippen LogP contribution in [0.4, 0.5) is 0 Å². The Kier molecular flexibility index (Phi) is 8.21. The fourth-order valence-electron chi connectivity index (χ4n) is 4.42. The molecule has 1 saturated heterocycles. The molecule has 0 N–H and O–H groups in total. The van der Waals surface area contributed by atoms with Gasteiger partial charge < -0.3 is 9.47 Å². The van der Waals surface area contributed by atoms with Crippen molar-refractivity contribution in [1.29, 1.82) is 0 Å². The summed E-state index contributed by atoms with van der Waals surface area (Å²) in [5.41, 5.74) is 3.16. The fraction of sp³-hybridized carbons (Fsp3) is 0.286. The minimum absolute atomic E-state index is 0.136. The molecule has 1 aliphatic rings. The minimum atomic E-state index is -0.489. The van der Waals surface area contributed by atoms with Gasteiger partial charge >= 0.3 is 0 Å². The van der Waals surface area contributed by atoms with Crippen LogP contribution in [-0.4, -0.2) is 48.4 Å².